The Morgan fingerprint density at radius 1 is 1.24 bits per heavy atom. The number of fused-ring (bicyclic) bond motifs is 1. The lowest BCUT2D eigenvalue weighted by atomic mass is 9.94. The molecular weight excluding hydrogens is 344 g/mol. The summed E-state index contributed by atoms with van der Waals surface area (Å²) in [4.78, 5) is 25.7. The number of rotatable bonds is 5. The Balaban J connectivity index is 1.74. The lowest BCUT2D eigenvalue weighted by molar-refractivity contribution is -0.149. The van der Waals surface area contributed by atoms with Gasteiger partial charge in [0.1, 0.15) is 6.04 Å². The summed E-state index contributed by atoms with van der Waals surface area (Å²) in [5.41, 5.74) is 0. The number of likely N-dealkylation sites (tertiary alicyclic amines) is 1. The second-order valence-electron chi connectivity index (χ2n) is 6.76. The molecule has 2 aliphatic rings. The Labute approximate surface area is 147 Å². The molecule has 1 heterocycles. The molecule has 3 rings (SSSR count). The number of nitrogens with zero attached hydrogens (tertiary/aromatic N) is 2. The van der Waals surface area contributed by atoms with E-state index in [2.05, 4.69) is 0 Å². The summed E-state index contributed by atoms with van der Waals surface area (Å²) in [6, 6.07) is 7.04. The van der Waals surface area contributed by atoms with Crippen molar-refractivity contribution in [3.8, 4) is 0 Å². The highest BCUT2D eigenvalue weighted by Gasteiger charge is 2.49. The van der Waals surface area contributed by atoms with E-state index < -0.39 is 27.9 Å². The van der Waals surface area contributed by atoms with Gasteiger partial charge in [0, 0.05) is 13.6 Å². The first-order valence-corrected chi connectivity index (χ1v) is 9.80. The summed E-state index contributed by atoms with van der Waals surface area (Å²) in [7, 11) is -2.44. The zero-order valence-electron chi connectivity index (χ0n) is 14.0. The zero-order chi connectivity index (χ0) is 18.2. The number of likely N-dealkylation sites (N-methyl/N-ethyl adjacent to an activating group) is 1. The second kappa shape index (κ2) is 6.76. The number of benzene rings is 1. The van der Waals surface area contributed by atoms with Crippen molar-refractivity contribution in [1.82, 2.24) is 9.21 Å². The Hall–Kier alpha value is -1.93. The number of carboxylic acid groups (broad SMARTS) is 1. The predicted molar refractivity (Wildman–Crippen MR) is 90.2 cm³/mol. The number of amides is 1. The highest BCUT2D eigenvalue weighted by atomic mass is 32.2. The van der Waals surface area contributed by atoms with Crippen molar-refractivity contribution < 1.29 is 23.1 Å². The number of carbonyl (C=O) groups excluding carboxylic acids is 1. The average Bonchev–Trinajstić information content (AvgIpc) is 3.15. The molecule has 3 atom stereocenters. The highest BCUT2D eigenvalue weighted by Crippen LogP contribution is 2.42. The van der Waals surface area contributed by atoms with Crippen LogP contribution in [0, 0.1) is 11.8 Å². The van der Waals surface area contributed by atoms with E-state index in [1.807, 2.05) is 0 Å². The van der Waals surface area contributed by atoms with Crippen LogP contribution in [0.5, 0.6) is 0 Å². The van der Waals surface area contributed by atoms with Crippen molar-refractivity contribution >= 4 is 21.9 Å². The lowest BCUT2D eigenvalue weighted by Crippen LogP contribution is -2.47. The molecule has 8 heteroatoms. The van der Waals surface area contributed by atoms with E-state index in [1.165, 1.54) is 24.1 Å². The largest absolute Gasteiger partial charge is 0.480 e. The van der Waals surface area contributed by atoms with Gasteiger partial charge in [-0.3, -0.25) is 4.79 Å². The maximum absolute atomic E-state index is 12.6. The third-order valence-electron chi connectivity index (χ3n) is 5.27. The van der Waals surface area contributed by atoms with Crippen LogP contribution in [-0.2, 0) is 19.6 Å². The summed E-state index contributed by atoms with van der Waals surface area (Å²) in [6.45, 7) is 0.0418. The van der Waals surface area contributed by atoms with Crippen molar-refractivity contribution in [2.45, 2.75) is 30.2 Å². The van der Waals surface area contributed by atoms with E-state index >= 15 is 0 Å². The van der Waals surface area contributed by atoms with Crippen molar-refractivity contribution in [1.29, 1.82) is 0 Å². The van der Waals surface area contributed by atoms with Crippen LogP contribution in [0.15, 0.2) is 35.2 Å². The molecule has 0 radical (unpaired) electrons. The number of hydrogen-bond acceptors (Lipinski definition) is 4. The fourth-order valence-electron chi connectivity index (χ4n) is 4.02. The van der Waals surface area contributed by atoms with Crippen LogP contribution in [-0.4, -0.2) is 60.8 Å². The van der Waals surface area contributed by atoms with Crippen LogP contribution in [0.25, 0.3) is 0 Å². The van der Waals surface area contributed by atoms with Gasteiger partial charge in [-0.05, 0) is 36.8 Å². The lowest BCUT2D eigenvalue weighted by Gasteiger charge is -2.26. The summed E-state index contributed by atoms with van der Waals surface area (Å²) < 4.78 is 26.0. The van der Waals surface area contributed by atoms with Gasteiger partial charge in [-0.2, -0.15) is 4.31 Å². The molecule has 7 nitrogen and oxygen atoms in total. The van der Waals surface area contributed by atoms with Gasteiger partial charge in [-0.15, -0.1) is 0 Å². The van der Waals surface area contributed by atoms with Crippen molar-refractivity contribution in [3.63, 3.8) is 0 Å². The number of aliphatic carboxylic acids is 1. The first-order valence-electron chi connectivity index (χ1n) is 8.36. The first kappa shape index (κ1) is 17.9. The van der Waals surface area contributed by atoms with Gasteiger partial charge >= 0.3 is 5.97 Å². The van der Waals surface area contributed by atoms with Crippen LogP contribution < -0.4 is 0 Å². The standard InChI is InChI=1S/C17H22N2O5S/c1-18(25(23,24)13-7-3-2-4-8-13)11-15(20)19-10-12-6-5-9-14(12)16(19)17(21)22/h2-4,7-8,12,14,16H,5-6,9-11H2,1H3,(H,21,22). The maximum atomic E-state index is 12.6. The summed E-state index contributed by atoms with van der Waals surface area (Å²) in [5, 5.41) is 9.53. The van der Waals surface area contributed by atoms with Gasteiger partial charge in [-0.25, -0.2) is 13.2 Å². The summed E-state index contributed by atoms with van der Waals surface area (Å²) in [5.74, 6) is -1.27. The molecule has 0 spiro atoms. The van der Waals surface area contributed by atoms with E-state index in [1.54, 1.807) is 18.2 Å². The predicted octanol–water partition coefficient (Wildman–Crippen LogP) is 1.02. The van der Waals surface area contributed by atoms with Gasteiger partial charge in [0.2, 0.25) is 15.9 Å². The Kier molecular flexibility index (Phi) is 4.83. The van der Waals surface area contributed by atoms with Gasteiger partial charge in [0.15, 0.2) is 0 Å². The molecule has 1 saturated carbocycles. The van der Waals surface area contributed by atoms with Crippen molar-refractivity contribution in [3.05, 3.63) is 30.3 Å². The fourth-order valence-corrected chi connectivity index (χ4v) is 5.16. The van der Waals surface area contributed by atoms with Gasteiger partial charge in [0.05, 0.1) is 11.4 Å². The molecule has 1 N–H and O–H groups in total. The summed E-state index contributed by atoms with van der Waals surface area (Å²) >= 11 is 0. The van der Waals surface area contributed by atoms with E-state index in [0.717, 1.165) is 23.6 Å². The summed E-state index contributed by atoms with van der Waals surface area (Å²) in [6.07, 6.45) is 2.73. The molecular formula is C17H22N2O5S. The average molecular weight is 366 g/mol. The van der Waals surface area contributed by atoms with E-state index in [9.17, 15) is 23.1 Å². The van der Waals surface area contributed by atoms with Crippen LogP contribution in [0.3, 0.4) is 0 Å². The normalized spacial score (nSPS) is 26.0. The molecule has 0 aromatic heterocycles. The molecule has 136 valence electrons. The number of carboxylic acids is 1. The van der Waals surface area contributed by atoms with Crippen molar-refractivity contribution in [2.75, 3.05) is 20.1 Å². The Morgan fingerprint density at radius 3 is 2.56 bits per heavy atom. The molecule has 1 saturated heterocycles. The molecule has 0 bridgehead atoms. The van der Waals surface area contributed by atoms with Gasteiger partial charge < -0.3 is 10.0 Å². The van der Waals surface area contributed by atoms with Gasteiger partial charge in [0.25, 0.3) is 0 Å². The molecule has 1 aromatic rings. The SMILES string of the molecule is CN(CC(=O)N1CC2CCCC2C1C(=O)O)S(=O)(=O)c1ccccc1. The molecule has 3 unspecified atom stereocenters. The minimum atomic E-state index is -3.78. The van der Waals surface area contributed by atoms with Crippen LogP contribution >= 0.6 is 0 Å². The van der Waals surface area contributed by atoms with Gasteiger partial charge in [-0.1, -0.05) is 24.6 Å². The monoisotopic (exact) mass is 366 g/mol. The highest BCUT2D eigenvalue weighted by molar-refractivity contribution is 7.89. The van der Waals surface area contributed by atoms with Crippen molar-refractivity contribution in [2.24, 2.45) is 11.8 Å². The first-order chi connectivity index (χ1) is 11.8. The smallest absolute Gasteiger partial charge is 0.326 e. The van der Waals surface area contributed by atoms with E-state index in [4.69, 9.17) is 0 Å². The topological polar surface area (TPSA) is 95.0 Å². The minimum absolute atomic E-state index is 0.0162. The second-order valence-corrected chi connectivity index (χ2v) is 8.80. The number of hydrogen-bond donors (Lipinski definition) is 1. The molecule has 25 heavy (non-hydrogen) atoms. The molecule has 1 aliphatic heterocycles. The third-order valence-corrected chi connectivity index (χ3v) is 7.09. The molecule has 1 amide bonds. The number of carbonyl (C=O) groups is 2. The van der Waals surface area contributed by atoms with Crippen LogP contribution in [0.4, 0.5) is 0 Å². The minimum Gasteiger partial charge on any atom is -0.480 e. The van der Waals surface area contributed by atoms with E-state index in [-0.39, 0.29) is 23.3 Å². The maximum Gasteiger partial charge on any atom is 0.326 e. The van der Waals surface area contributed by atoms with Crippen LogP contribution in [0.2, 0.25) is 0 Å². The third kappa shape index (κ3) is 3.28. The molecule has 1 aromatic carbocycles. The Morgan fingerprint density at radius 2 is 1.92 bits per heavy atom. The van der Waals surface area contributed by atoms with E-state index in [0.29, 0.717) is 6.54 Å². The fraction of sp³-hybridized carbons (Fsp3) is 0.529. The van der Waals surface area contributed by atoms with Crippen LogP contribution in [0.1, 0.15) is 19.3 Å². The number of sulfonamides is 1. The molecule has 1 aliphatic carbocycles. The zero-order valence-corrected chi connectivity index (χ0v) is 14.9. The Bertz CT molecular complexity index is 765. The molecule has 2 fully saturated rings. The quantitative estimate of drug-likeness (QED) is 0.839.